The summed E-state index contributed by atoms with van der Waals surface area (Å²) in [5.74, 6) is 0.474. The van der Waals surface area contributed by atoms with E-state index in [9.17, 15) is 4.79 Å². The number of carbonyl (C=O) groups is 1. The number of halogens is 1. The van der Waals surface area contributed by atoms with E-state index in [4.69, 9.17) is 16.4 Å². The number of benzene rings is 1. The van der Waals surface area contributed by atoms with E-state index < -0.39 is 0 Å². The van der Waals surface area contributed by atoms with Crippen LogP contribution >= 0.6 is 11.6 Å². The molecule has 0 aliphatic heterocycles. The predicted octanol–water partition coefficient (Wildman–Crippen LogP) is 2.34. The summed E-state index contributed by atoms with van der Waals surface area (Å²) < 4.78 is 0. The lowest BCUT2D eigenvalue weighted by atomic mass is 10.2. The standard InChI is InChI=1S/C12H17ClN2O2/c1-4-7-14-17-9-5-6-10(11(13)8-9)12(16)15(2)3/h5-6,8,14H,4,7H2,1-3H3. The summed E-state index contributed by atoms with van der Waals surface area (Å²) in [6.07, 6.45) is 0.977. The van der Waals surface area contributed by atoms with Crippen molar-refractivity contribution in [2.24, 2.45) is 0 Å². The molecule has 0 fully saturated rings. The number of hydrogen-bond acceptors (Lipinski definition) is 3. The first-order chi connectivity index (χ1) is 8.06. The Morgan fingerprint density at radius 2 is 2.18 bits per heavy atom. The van der Waals surface area contributed by atoms with Gasteiger partial charge in [0, 0.05) is 26.7 Å². The average Bonchev–Trinajstić information content (AvgIpc) is 2.28. The Balaban J connectivity index is 2.76. The zero-order valence-corrected chi connectivity index (χ0v) is 11.0. The van der Waals surface area contributed by atoms with Crippen LogP contribution in [0.25, 0.3) is 0 Å². The van der Waals surface area contributed by atoms with Gasteiger partial charge in [-0.15, -0.1) is 0 Å². The molecule has 4 nitrogen and oxygen atoms in total. The molecule has 1 amide bonds. The Morgan fingerprint density at radius 1 is 1.47 bits per heavy atom. The van der Waals surface area contributed by atoms with Crippen molar-refractivity contribution in [1.29, 1.82) is 0 Å². The van der Waals surface area contributed by atoms with Crippen LogP contribution in [0.1, 0.15) is 23.7 Å². The lowest BCUT2D eigenvalue weighted by molar-refractivity contribution is 0.0827. The molecule has 17 heavy (non-hydrogen) atoms. The van der Waals surface area contributed by atoms with Gasteiger partial charge in [-0.25, -0.2) is 0 Å². The number of rotatable bonds is 5. The van der Waals surface area contributed by atoms with Gasteiger partial charge in [-0.3, -0.25) is 4.79 Å². The Labute approximate surface area is 106 Å². The van der Waals surface area contributed by atoms with Crippen molar-refractivity contribution in [3.8, 4) is 5.75 Å². The summed E-state index contributed by atoms with van der Waals surface area (Å²) in [5, 5.41) is 0.388. The van der Waals surface area contributed by atoms with Gasteiger partial charge in [0.1, 0.15) is 5.75 Å². The smallest absolute Gasteiger partial charge is 0.254 e. The fourth-order valence-electron chi connectivity index (χ4n) is 1.21. The molecule has 5 heteroatoms. The molecule has 0 aromatic heterocycles. The summed E-state index contributed by atoms with van der Waals surface area (Å²) >= 11 is 6.03. The lowest BCUT2D eigenvalue weighted by Gasteiger charge is -2.12. The van der Waals surface area contributed by atoms with Crippen LogP contribution in [0.3, 0.4) is 0 Å². The lowest BCUT2D eigenvalue weighted by Crippen LogP contribution is -2.22. The third-order valence-electron chi connectivity index (χ3n) is 2.12. The molecular formula is C12H17ClN2O2. The Hall–Kier alpha value is -1.26. The fourth-order valence-corrected chi connectivity index (χ4v) is 1.46. The molecule has 0 unspecified atom stereocenters. The van der Waals surface area contributed by atoms with E-state index in [0.717, 1.165) is 13.0 Å². The molecule has 0 radical (unpaired) electrons. The first kappa shape index (κ1) is 13.8. The van der Waals surface area contributed by atoms with E-state index in [1.165, 1.54) is 4.90 Å². The van der Waals surface area contributed by atoms with Gasteiger partial charge < -0.3 is 9.74 Å². The Bertz CT molecular complexity index is 394. The molecular weight excluding hydrogens is 240 g/mol. The van der Waals surface area contributed by atoms with Crippen molar-refractivity contribution in [3.63, 3.8) is 0 Å². The number of hydrogen-bond donors (Lipinski definition) is 1. The molecule has 0 bridgehead atoms. The van der Waals surface area contributed by atoms with Gasteiger partial charge in [0.15, 0.2) is 0 Å². The van der Waals surface area contributed by atoms with Crippen LogP contribution in [-0.4, -0.2) is 31.4 Å². The maximum absolute atomic E-state index is 11.7. The van der Waals surface area contributed by atoms with Crippen molar-refractivity contribution < 1.29 is 9.63 Å². The number of hydroxylamine groups is 1. The molecule has 1 aromatic carbocycles. The van der Waals surface area contributed by atoms with Gasteiger partial charge in [0.05, 0.1) is 10.6 Å². The third kappa shape index (κ3) is 3.91. The number of amides is 1. The highest BCUT2D eigenvalue weighted by Crippen LogP contribution is 2.23. The van der Waals surface area contributed by atoms with E-state index in [-0.39, 0.29) is 5.91 Å². The quantitative estimate of drug-likeness (QED) is 0.649. The molecule has 0 saturated heterocycles. The Kier molecular flexibility index (Phi) is 5.25. The minimum Gasteiger partial charge on any atom is -0.409 e. The molecule has 1 rings (SSSR count). The minimum atomic E-state index is -0.122. The summed E-state index contributed by atoms with van der Waals surface area (Å²) in [7, 11) is 3.37. The second kappa shape index (κ2) is 6.47. The van der Waals surface area contributed by atoms with Gasteiger partial charge in [-0.2, -0.15) is 5.48 Å². The summed E-state index contributed by atoms with van der Waals surface area (Å²) in [5.41, 5.74) is 3.27. The molecule has 0 heterocycles. The van der Waals surface area contributed by atoms with Gasteiger partial charge >= 0.3 is 0 Å². The van der Waals surface area contributed by atoms with Crippen LogP contribution in [0.2, 0.25) is 5.02 Å². The van der Waals surface area contributed by atoms with Crippen molar-refractivity contribution in [2.75, 3.05) is 20.6 Å². The SMILES string of the molecule is CCCNOc1ccc(C(=O)N(C)C)c(Cl)c1. The van der Waals surface area contributed by atoms with Crippen molar-refractivity contribution in [1.82, 2.24) is 10.4 Å². The van der Waals surface area contributed by atoms with Gasteiger partial charge in [0.25, 0.3) is 5.91 Å². The molecule has 94 valence electrons. The first-order valence-corrected chi connectivity index (χ1v) is 5.85. The van der Waals surface area contributed by atoms with Crippen LogP contribution in [0.4, 0.5) is 0 Å². The van der Waals surface area contributed by atoms with E-state index in [0.29, 0.717) is 16.3 Å². The summed E-state index contributed by atoms with van der Waals surface area (Å²) in [6.45, 7) is 2.80. The molecule has 0 aliphatic rings. The maximum Gasteiger partial charge on any atom is 0.254 e. The Morgan fingerprint density at radius 3 is 2.71 bits per heavy atom. The van der Waals surface area contributed by atoms with E-state index in [1.54, 1.807) is 32.3 Å². The van der Waals surface area contributed by atoms with E-state index in [2.05, 4.69) is 5.48 Å². The average molecular weight is 257 g/mol. The number of nitrogens with zero attached hydrogens (tertiary/aromatic N) is 1. The predicted molar refractivity (Wildman–Crippen MR) is 68.4 cm³/mol. The highest BCUT2D eigenvalue weighted by atomic mass is 35.5. The first-order valence-electron chi connectivity index (χ1n) is 5.47. The molecule has 1 aromatic rings. The fraction of sp³-hybridized carbons (Fsp3) is 0.417. The topological polar surface area (TPSA) is 41.6 Å². The zero-order valence-electron chi connectivity index (χ0n) is 10.3. The monoisotopic (exact) mass is 256 g/mol. The minimum absolute atomic E-state index is 0.122. The molecule has 0 atom stereocenters. The maximum atomic E-state index is 11.7. The third-order valence-corrected chi connectivity index (χ3v) is 2.43. The van der Waals surface area contributed by atoms with Crippen LogP contribution in [0.15, 0.2) is 18.2 Å². The summed E-state index contributed by atoms with van der Waals surface area (Å²) in [6, 6.07) is 5.00. The summed E-state index contributed by atoms with van der Waals surface area (Å²) in [4.78, 5) is 18.5. The van der Waals surface area contributed by atoms with E-state index >= 15 is 0 Å². The molecule has 0 aliphatic carbocycles. The highest BCUT2D eigenvalue weighted by Gasteiger charge is 2.12. The normalized spacial score (nSPS) is 10.1. The van der Waals surface area contributed by atoms with Crippen molar-refractivity contribution in [3.05, 3.63) is 28.8 Å². The number of nitrogens with one attached hydrogen (secondary N) is 1. The largest absolute Gasteiger partial charge is 0.409 e. The molecule has 1 N–H and O–H groups in total. The second-order valence-corrected chi connectivity index (χ2v) is 4.24. The van der Waals surface area contributed by atoms with Crippen molar-refractivity contribution >= 4 is 17.5 Å². The number of carbonyl (C=O) groups excluding carboxylic acids is 1. The van der Waals surface area contributed by atoms with Gasteiger partial charge in [-0.1, -0.05) is 18.5 Å². The van der Waals surface area contributed by atoms with E-state index in [1.807, 2.05) is 6.92 Å². The van der Waals surface area contributed by atoms with Crippen LogP contribution in [-0.2, 0) is 0 Å². The highest BCUT2D eigenvalue weighted by molar-refractivity contribution is 6.34. The van der Waals surface area contributed by atoms with Crippen molar-refractivity contribution in [2.45, 2.75) is 13.3 Å². The van der Waals surface area contributed by atoms with Crippen LogP contribution in [0.5, 0.6) is 5.75 Å². The van der Waals surface area contributed by atoms with Gasteiger partial charge in [0.2, 0.25) is 0 Å². The van der Waals surface area contributed by atoms with Crippen LogP contribution < -0.4 is 10.3 Å². The second-order valence-electron chi connectivity index (χ2n) is 3.84. The molecule has 0 saturated carbocycles. The zero-order chi connectivity index (χ0) is 12.8. The van der Waals surface area contributed by atoms with Crippen LogP contribution in [0, 0.1) is 0 Å². The molecule has 0 spiro atoms. The van der Waals surface area contributed by atoms with Gasteiger partial charge in [-0.05, 0) is 18.6 Å².